The van der Waals surface area contributed by atoms with Gasteiger partial charge in [-0.25, -0.2) is 19.0 Å². The highest BCUT2D eigenvalue weighted by molar-refractivity contribution is 7.17. The number of aromatic nitrogens is 5. The number of nitrogens with one attached hydrogen (secondary N) is 2. The number of fused-ring (bicyclic) bond motifs is 1. The van der Waals surface area contributed by atoms with Crippen molar-refractivity contribution in [1.82, 2.24) is 29.6 Å². The van der Waals surface area contributed by atoms with Crippen LogP contribution in [-0.2, 0) is 10.3 Å². The van der Waals surface area contributed by atoms with Crippen molar-refractivity contribution < 1.29 is 14.2 Å². The van der Waals surface area contributed by atoms with Gasteiger partial charge in [-0.1, -0.05) is 17.7 Å². The quantitative estimate of drug-likeness (QED) is 0.283. The van der Waals surface area contributed by atoms with E-state index < -0.39 is 17.8 Å². The molecule has 10 nitrogen and oxygen atoms in total. The third-order valence-corrected chi connectivity index (χ3v) is 8.58. The van der Waals surface area contributed by atoms with Crippen LogP contribution in [0.2, 0.25) is 5.15 Å². The second-order valence-electron chi connectivity index (χ2n) is 10.6. The fourth-order valence-electron chi connectivity index (χ4n) is 4.94. The summed E-state index contributed by atoms with van der Waals surface area (Å²) in [7, 11) is 0. The minimum Gasteiger partial charge on any atom is -0.384 e. The Kier molecular flexibility index (Phi) is 6.92. The molecular formula is C26H30ClFN8O2S. The summed E-state index contributed by atoms with van der Waals surface area (Å²) in [4.78, 5) is 16.9. The maximum atomic E-state index is 15.2. The largest absolute Gasteiger partial charge is 0.384 e. The van der Waals surface area contributed by atoms with Crippen molar-refractivity contribution in [2.45, 2.75) is 51.0 Å². The molecular weight excluding hydrogens is 543 g/mol. The molecule has 0 aliphatic carbocycles. The molecule has 2 saturated heterocycles. The first-order valence-electron chi connectivity index (χ1n) is 12.9. The van der Waals surface area contributed by atoms with Crippen LogP contribution >= 0.6 is 22.9 Å². The van der Waals surface area contributed by atoms with E-state index in [0.29, 0.717) is 66.3 Å². The van der Waals surface area contributed by atoms with Crippen molar-refractivity contribution in [2.75, 3.05) is 36.9 Å². The van der Waals surface area contributed by atoms with Gasteiger partial charge in [0.1, 0.15) is 28.2 Å². The zero-order valence-electron chi connectivity index (χ0n) is 21.9. The molecule has 2 aliphatic heterocycles. The van der Waals surface area contributed by atoms with E-state index in [1.807, 2.05) is 24.4 Å². The molecule has 6 heterocycles. The Labute approximate surface area is 234 Å². The molecule has 0 bridgehead atoms. The predicted molar refractivity (Wildman–Crippen MR) is 150 cm³/mol. The lowest BCUT2D eigenvalue weighted by atomic mass is 10.0. The Balaban J connectivity index is 1.25. The summed E-state index contributed by atoms with van der Waals surface area (Å²) < 4.78 is 22.0. The molecule has 3 N–H and O–H groups in total. The molecule has 0 unspecified atom stereocenters. The van der Waals surface area contributed by atoms with Crippen molar-refractivity contribution in [1.29, 1.82) is 0 Å². The van der Waals surface area contributed by atoms with Crippen molar-refractivity contribution in [2.24, 2.45) is 0 Å². The van der Waals surface area contributed by atoms with Gasteiger partial charge in [0.2, 0.25) is 5.95 Å². The van der Waals surface area contributed by atoms with E-state index in [2.05, 4.69) is 30.6 Å². The third kappa shape index (κ3) is 5.19. The van der Waals surface area contributed by atoms with E-state index in [-0.39, 0.29) is 0 Å². The number of nitrogens with zero attached hydrogens (tertiary/aromatic N) is 6. The maximum absolute atomic E-state index is 15.2. The van der Waals surface area contributed by atoms with Crippen LogP contribution in [0, 0.1) is 6.92 Å². The fourth-order valence-corrected chi connectivity index (χ4v) is 6.12. The van der Waals surface area contributed by atoms with E-state index in [9.17, 15) is 5.11 Å². The second kappa shape index (κ2) is 10.3. The minimum absolute atomic E-state index is 0.304. The number of hydrogen-bond donors (Lipinski definition) is 3. The average Bonchev–Trinajstić information content (AvgIpc) is 3.40. The number of hydrogen-bond acceptors (Lipinski definition) is 10. The molecule has 0 radical (unpaired) electrons. The van der Waals surface area contributed by atoms with Crippen LogP contribution in [0.5, 0.6) is 0 Å². The summed E-state index contributed by atoms with van der Waals surface area (Å²) in [5, 5.41) is 24.5. The number of rotatable bonds is 7. The Morgan fingerprint density at radius 3 is 2.74 bits per heavy atom. The van der Waals surface area contributed by atoms with Crippen LogP contribution in [0.1, 0.15) is 37.6 Å². The van der Waals surface area contributed by atoms with Gasteiger partial charge in [-0.05, 0) is 50.3 Å². The van der Waals surface area contributed by atoms with Gasteiger partial charge in [0.05, 0.1) is 48.3 Å². The van der Waals surface area contributed by atoms with Crippen molar-refractivity contribution >= 4 is 56.4 Å². The van der Waals surface area contributed by atoms with E-state index in [1.54, 1.807) is 30.8 Å². The van der Waals surface area contributed by atoms with Gasteiger partial charge in [-0.2, -0.15) is 10.1 Å². The lowest BCUT2D eigenvalue weighted by Gasteiger charge is -2.42. The van der Waals surface area contributed by atoms with Crippen LogP contribution in [0.25, 0.3) is 10.2 Å². The molecule has 0 spiro atoms. The maximum Gasteiger partial charge on any atom is 0.230 e. The molecule has 39 heavy (non-hydrogen) atoms. The second-order valence-corrected chi connectivity index (χ2v) is 11.8. The number of aryl methyl sites for hydroxylation is 1. The van der Waals surface area contributed by atoms with E-state index in [4.69, 9.17) is 21.3 Å². The number of halogens is 2. The Hall–Kier alpha value is -2.90. The molecule has 2 aliphatic rings. The highest BCUT2D eigenvalue weighted by Gasteiger charge is 2.37. The van der Waals surface area contributed by atoms with E-state index in [0.717, 1.165) is 22.3 Å². The van der Waals surface area contributed by atoms with Crippen molar-refractivity contribution in [3.05, 3.63) is 46.2 Å². The first-order valence-corrected chi connectivity index (χ1v) is 14.1. The van der Waals surface area contributed by atoms with Gasteiger partial charge in [-0.15, -0.1) is 11.3 Å². The summed E-state index contributed by atoms with van der Waals surface area (Å²) >= 11 is 8.20. The van der Waals surface area contributed by atoms with Gasteiger partial charge in [0.25, 0.3) is 0 Å². The van der Waals surface area contributed by atoms with Crippen molar-refractivity contribution in [3.63, 3.8) is 0 Å². The van der Waals surface area contributed by atoms with Crippen LogP contribution in [0.3, 0.4) is 0 Å². The molecule has 0 saturated carbocycles. The SMILES string of the molecule is Cc1csc2nc(Nc3cnn([C@H]4CCN(C5COC5)C[C@@H]4F)c3Cl)nc(Nc3cccc(C(C)(C)O)n3)c12. The Morgan fingerprint density at radius 2 is 2.03 bits per heavy atom. The molecule has 4 aromatic heterocycles. The number of anilines is 4. The first kappa shape index (κ1) is 26.3. The third-order valence-electron chi connectivity index (χ3n) is 7.21. The molecule has 0 amide bonds. The van der Waals surface area contributed by atoms with Gasteiger partial charge >= 0.3 is 0 Å². The number of pyridine rings is 1. The average molecular weight is 573 g/mol. The Morgan fingerprint density at radius 1 is 1.21 bits per heavy atom. The van der Waals surface area contributed by atoms with Gasteiger partial charge in [-0.3, -0.25) is 4.90 Å². The standard InChI is InChI=1S/C26H30ClFN8O2S/c1-14-13-39-24-21(14)23(32-20-6-4-5-19(31-20)26(2,3)37)33-25(34-24)30-17-9-29-36(22(17)27)18-7-8-35(10-16(18)28)15-11-38-12-15/h4-6,9,13,15-16,18,37H,7-8,10-12H2,1-3H3,(H2,30,31,32,33,34)/t16-,18-/m0/s1. The van der Waals surface area contributed by atoms with Crippen molar-refractivity contribution in [3.8, 4) is 0 Å². The number of alkyl halides is 1. The van der Waals surface area contributed by atoms with Crippen LogP contribution in [-0.4, -0.2) is 73.3 Å². The summed E-state index contributed by atoms with van der Waals surface area (Å²) in [5.41, 5.74) is 0.985. The van der Waals surface area contributed by atoms with Crippen LogP contribution < -0.4 is 10.6 Å². The van der Waals surface area contributed by atoms with E-state index in [1.165, 1.54) is 11.3 Å². The summed E-state index contributed by atoms with van der Waals surface area (Å²) in [6.45, 7) is 7.82. The summed E-state index contributed by atoms with van der Waals surface area (Å²) in [5.74, 6) is 1.44. The number of thiophene rings is 1. The molecule has 6 rings (SSSR count). The smallest absolute Gasteiger partial charge is 0.230 e. The Bertz CT molecular complexity index is 1500. The fraction of sp³-hybridized carbons (Fsp3) is 0.462. The number of piperidine rings is 1. The highest BCUT2D eigenvalue weighted by Crippen LogP contribution is 2.36. The van der Waals surface area contributed by atoms with Gasteiger partial charge in [0, 0.05) is 13.1 Å². The molecule has 13 heteroatoms. The number of ether oxygens (including phenoxy) is 1. The summed E-state index contributed by atoms with van der Waals surface area (Å²) in [6, 6.07) is 5.28. The lowest BCUT2D eigenvalue weighted by Crippen LogP contribution is -2.55. The topological polar surface area (TPSA) is 113 Å². The molecule has 0 aromatic carbocycles. The lowest BCUT2D eigenvalue weighted by molar-refractivity contribution is -0.0847. The summed E-state index contributed by atoms with van der Waals surface area (Å²) in [6.07, 6.45) is 1.10. The van der Waals surface area contributed by atoms with Gasteiger partial charge < -0.3 is 20.5 Å². The zero-order chi connectivity index (χ0) is 27.3. The van der Waals surface area contributed by atoms with Crippen LogP contribution in [0.4, 0.5) is 27.7 Å². The molecule has 2 atom stereocenters. The zero-order valence-corrected chi connectivity index (χ0v) is 23.4. The highest BCUT2D eigenvalue weighted by atomic mass is 35.5. The molecule has 2 fully saturated rings. The van der Waals surface area contributed by atoms with Gasteiger partial charge in [0.15, 0.2) is 5.15 Å². The minimum atomic E-state index is -1.09. The molecule has 206 valence electrons. The van der Waals surface area contributed by atoms with Crippen LogP contribution in [0.15, 0.2) is 29.8 Å². The first-order chi connectivity index (χ1) is 18.7. The molecule has 4 aromatic rings. The number of aliphatic hydroxyl groups is 1. The predicted octanol–water partition coefficient (Wildman–Crippen LogP) is 4.94. The monoisotopic (exact) mass is 572 g/mol. The number of likely N-dealkylation sites (tertiary alicyclic amines) is 1. The van der Waals surface area contributed by atoms with E-state index >= 15 is 4.39 Å². The normalized spacial score (nSPS) is 20.8.